The van der Waals surface area contributed by atoms with Crippen LogP contribution < -0.4 is 0 Å². The van der Waals surface area contributed by atoms with Crippen LogP contribution in [0.1, 0.15) is 11.1 Å². The fourth-order valence-electron chi connectivity index (χ4n) is 1.43. The lowest BCUT2D eigenvalue weighted by molar-refractivity contribution is -0.131. The van der Waals surface area contributed by atoms with Crippen molar-refractivity contribution in [2.24, 2.45) is 0 Å². The van der Waals surface area contributed by atoms with E-state index < -0.39 is 5.97 Å². The highest BCUT2D eigenvalue weighted by Crippen LogP contribution is 2.18. The number of rotatable bonds is 4. The Morgan fingerprint density at radius 2 is 2.13 bits per heavy atom. The van der Waals surface area contributed by atoms with Crippen molar-refractivity contribution in [3.8, 4) is 0 Å². The Balaban J connectivity index is 3.10. The largest absolute Gasteiger partial charge is 0.478 e. The molecule has 0 spiro atoms. The highest BCUT2D eigenvalue weighted by Gasteiger charge is 2.06. The zero-order valence-corrected chi connectivity index (χ0v) is 8.86. The van der Waals surface area contributed by atoms with Crippen molar-refractivity contribution < 1.29 is 14.6 Å². The van der Waals surface area contributed by atoms with Crippen molar-refractivity contribution in [2.75, 3.05) is 13.7 Å². The molecule has 1 aromatic carbocycles. The second-order valence-corrected chi connectivity index (χ2v) is 3.26. The molecule has 15 heavy (non-hydrogen) atoms. The molecule has 3 nitrogen and oxygen atoms in total. The Kier molecular flexibility index (Phi) is 4.06. The molecule has 0 saturated carbocycles. The number of aliphatic carboxylic acids is 1. The van der Waals surface area contributed by atoms with E-state index >= 15 is 0 Å². The van der Waals surface area contributed by atoms with E-state index in [1.54, 1.807) is 7.11 Å². The van der Waals surface area contributed by atoms with Crippen molar-refractivity contribution in [1.82, 2.24) is 0 Å². The molecular formula is C12H14O3. The summed E-state index contributed by atoms with van der Waals surface area (Å²) in [6.07, 6.45) is 1.19. The Morgan fingerprint density at radius 1 is 1.47 bits per heavy atom. The number of hydrogen-bond acceptors (Lipinski definition) is 2. The van der Waals surface area contributed by atoms with E-state index in [-0.39, 0.29) is 0 Å². The van der Waals surface area contributed by atoms with Gasteiger partial charge in [-0.05, 0) is 23.6 Å². The van der Waals surface area contributed by atoms with Crippen molar-refractivity contribution >= 4 is 11.5 Å². The fraction of sp³-hybridized carbons (Fsp3) is 0.250. The van der Waals surface area contributed by atoms with Gasteiger partial charge in [-0.15, -0.1) is 0 Å². The molecule has 1 N–H and O–H groups in total. The number of carbonyl (C=O) groups is 1. The quantitative estimate of drug-likeness (QED) is 0.767. The third-order valence-electron chi connectivity index (χ3n) is 2.09. The van der Waals surface area contributed by atoms with Gasteiger partial charge in [0.15, 0.2) is 0 Å². The molecule has 0 fully saturated rings. The molecule has 0 saturated heterocycles. The summed E-state index contributed by atoms with van der Waals surface area (Å²) in [6, 6.07) is 7.64. The van der Waals surface area contributed by atoms with Gasteiger partial charge in [0.05, 0.1) is 6.61 Å². The fourth-order valence-corrected chi connectivity index (χ4v) is 1.43. The number of aryl methyl sites for hydroxylation is 1. The number of ether oxygens (including phenoxy) is 1. The van der Waals surface area contributed by atoms with Crippen LogP contribution in [0.5, 0.6) is 0 Å². The number of carboxylic acid groups (broad SMARTS) is 1. The monoisotopic (exact) mass is 206 g/mol. The van der Waals surface area contributed by atoms with E-state index in [0.29, 0.717) is 12.2 Å². The maximum absolute atomic E-state index is 10.6. The minimum atomic E-state index is -0.953. The first-order valence-corrected chi connectivity index (χ1v) is 4.63. The molecule has 0 heterocycles. The predicted octanol–water partition coefficient (Wildman–Crippen LogP) is 2.11. The molecular weight excluding hydrogens is 192 g/mol. The standard InChI is InChI=1S/C12H14O3/c1-9-5-3-4-6-11(9)10(8-15-2)7-12(13)14/h3-7H,8H2,1-2H3,(H,13,14)/b10-7+. The summed E-state index contributed by atoms with van der Waals surface area (Å²) in [5.41, 5.74) is 2.65. The predicted molar refractivity (Wildman–Crippen MR) is 58.7 cm³/mol. The first kappa shape index (κ1) is 11.5. The second-order valence-electron chi connectivity index (χ2n) is 3.26. The van der Waals surface area contributed by atoms with Crippen LogP contribution in [-0.2, 0) is 9.53 Å². The highest BCUT2D eigenvalue weighted by molar-refractivity contribution is 5.90. The average Bonchev–Trinajstić information content (AvgIpc) is 2.17. The third kappa shape index (κ3) is 3.22. The van der Waals surface area contributed by atoms with E-state index in [2.05, 4.69) is 0 Å². The Morgan fingerprint density at radius 3 is 2.67 bits per heavy atom. The highest BCUT2D eigenvalue weighted by atomic mass is 16.5. The molecule has 0 bridgehead atoms. The third-order valence-corrected chi connectivity index (χ3v) is 2.09. The van der Waals surface area contributed by atoms with E-state index in [0.717, 1.165) is 11.1 Å². The number of benzene rings is 1. The van der Waals surface area contributed by atoms with Gasteiger partial charge in [-0.3, -0.25) is 0 Å². The van der Waals surface area contributed by atoms with Crippen LogP contribution >= 0.6 is 0 Å². The van der Waals surface area contributed by atoms with Gasteiger partial charge >= 0.3 is 5.97 Å². The minimum absolute atomic E-state index is 0.303. The molecule has 0 aliphatic rings. The summed E-state index contributed by atoms with van der Waals surface area (Å²) in [4.78, 5) is 10.6. The molecule has 1 rings (SSSR count). The number of methoxy groups -OCH3 is 1. The number of carboxylic acids is 1. The molecule has 0 aliphatic carbocycles. The topological polar surface area (TPSA) is 46.5 Å². The summed E-state index contributed by atoms with van der Waals surface area (Å²) in [7, 11) is 1.55. The average molecular weight is 206 g/mol. The lowest BCUT2D eigenvalue weighted by Gasteiger charge is -2.08. The summed E-state index contributed by atoms with van der Waals surface area (Å²) >= 11 is 0. The smallest absolute Gasteiger partial charge is 0.328 e. The van der Waals surface area contributed by atoms with E-state index in [1.165, 1.54) is 6.08 Å². The molecule has 0 radical (unpaired) electrons. The van der Waals surface area contributed by atoms with Gasteiger partial charge < -0.3 is 9.84 Å². The first-order valence-electron chi connectivity index (χ1n) is 4.63. The zero-order chi connectivity index (χ0) is 11.3. The lowest BCUT2D eigenvalue weighted by Crippen LogP contribution is -2.00. The SMILES string of the molecule is COC/C(=C\C(=O)O)c1ccccc1C. The Hall–Kier alpha value is -1.61. The van der Waals surface area contributed by atoms with Crippen molar-refractivity contribution in [1.29, 1.82) is 0 Å². The van der Waals surface area contributed by atoms with Crippen molar-refractivity contribution in [2.45, 2.75) is 6.92 Å². The van der Waals surface area contributed by atoms with E-state index in [1.807, 2.05) is 31.2 Å². The lowest BCUT2D eigenvalue weighted by atomic mass is 10.0. The van der Waals surface area contributed by atoms with Crippen LogP contribution in [0.2, 0.25) is 0 Å². The van der Waals surface area contributed by atoms with Crippen LogP contribution in [0.3, 0.4) is 0 Å². The van der Waals surface area contributed by atoms with Crippen LogP contribution in [0, 0.1) is 6.92 Å². The van der Waals surface area contributed by atoms with Crippen LogP contribution in [0.25, 0.3) is 5.57 Å². The van der Waals surface area contributed by atoms with Crippen molar-refractivity contribution in [3.63, 3.8) is 0 Å². The van der Waals surface area contributed by atoms with Gasteiger partial charge in [-0.2, -0.15) is 0 Å². The maximum Gasteiger partial charge on any atom is 0.328 e. The summed E-state index contributed by atoms with van der Waals surface area (Å²) < 4.78 is 4.98. The van der Waals surface area contributed by atoms with Crippen LogP contribution in [-0.4, -0.2) is 24.8 Å². The van der Waals surface area contributed by atoms with E-state index in [4.69, 9.17) is 9.84 Å². The van der Waals surface area contributed by atoms with Gasteiger partial charge in [0, 0.05) is 13.2 Å². The molecule has 3 heteroatoms. The van der Waals surface area contributed by atoms with Gasteiger partial charge in [0.1, 0.15) is 0 Å². The summed E-state index contributed by atoms with van der Waals surface area (Å²) in [6.45, 7) is 2.25. The zero-order valence-electron chi connectivity index (χ0n) is 8.86. The molecule has 0 atom stereocenters. The molecule has 1 aromatic rings. The van der Waals surface area contributed by atoms with Gasteiger partial charge in [0.25, 0.3) is 0 Å². The summed E-state index contributed by atoms with van der Waals surface area (Å²) in [5, 5.41) is 8.73. The molecule has 80 valence electrons. The van der Waals surface area contributed by atoms with Gasteiger partial charge in [0.2, 0.25) is 0 Å². The number of hydrogen-bond donors (Lipinski definition) is 1. The Labute approximate surface area is 89.0 Å². The molecule has 0 aliphatic heterocycles. The van der Waals surface area contributed by atoms with Crippen LogP contribution in [0.15, 0.2) is 30.3 Å². The van der Waals surface area contributed by atoms with Crippen molar-refractivity contribution in [3.05, 3.63) is 41.5 Å². The van der Waals surface area contributed by atoms with Gasteiger partial charge in [-0.1, -0.05) is 24.3 Å². The molecule has 0 aromatic heterocycles. The summed E-state index contributed by atoms with van der Waals surface area (Å²) in [5.74, 6) is -0.953. The Bertz CT molecular complexity index is 380. The molecule has 0 unspecified atom stereocenters. The van der Waals surface area contributed by atoms with Crippen LogP contribution in [0.4, 0.5) is 0 Å². The normalized spacial score (nSPS) is 11.5. The molecule has 0 amide bonds. The maximum atomic E-state index is 10.6. The second kappa shape index (κ2) is 5.32. The van der Waals surface area contributed by atoms with E-state index in [9.17, 15) is 4.79 Å². The van der Waals surface area contributed by atoms with Gasteiger partial charge in [-0.25, -0.2) is 4.79 Å². The first-order chi connectivity index (χ1) is 7.15. The minimum Gasteiger partial charge on any atom is -0.478 e.